The monoisotopic (exact) mass is 233 g/mol. The number of aliphatic hydroxyl groups excluding tert-OH is 1. The zero-order valence-corrected chi connectivity index (χ0v) is 8.94. The van der Waals surface area contributed by atoms with E-state index in [1.165, 1.54) is 0 Å². The fourth-order valence-electron chi connectivity index (χ4n) is 1.01. The lowest BCUT2D eigenvalue weighted by Crippen LogP contribution is -2.43. The van der Waals surface area contributed by atoms with E-state index in [9.17, 15) is 13.2 Å². The minimum absolute atomic E-state index is 0.0545. The number of nitrogens with zero attached hydrogens (tertiary/aromatic N) is 1. The topological polar surface area (TPSA) is 23.5 Å². The number of rotatable bonds is 5. The largest absolute Gasteiger partial charge is 0.401 e. The van der Waals surface area contributed by atoms with Gasteiger partial charge in [0.15, 0.2) is 0 Å². The Morgan fingerprint density at radius 1 is 1.36 bits per heavy atom. The van der Waals surface area contributed by atoms with Crippen LogP contribution in [0.25, 0.3) is 0 Å². The van der Waals surface area contributed by atoms with Crippen molar-refractivity contribution in [2.24, 2.45) is 0 Å². The van der Waals surface area contributed by atoms with E-state index in [0.717, 1.165) is 4.90 Å². The second-order valence-electron chi connectivity index (χ2n) is 3.45. The van der Waals surface area contributed by atoms with Crippen LogP contribution in [0.2, 0.25) is 0 Å². The van der Waals surface area contributed by atoms with Gasteiger partial charge in [0.1, 0.15) is 0 Å². The molecule has 1 N–H and O–H groups in total. The highest BCUT2D eigenvalue weighted by Gasteiger charge is 2.32. The Bertz CT molecular complexity index is 163. The van der Waals surface area contributed by atoms with Gasteiger partial charge < -0.3 is 5.11 Å². The predicted octanol–water partition coefficient (Wildman–Crippen LogP) is 1.86. The van der Waals surface area contributed by atoms with Gasteiger partial charge in [-0.2, -0.15) is 13.2 Å². The zero-order valence-electron chi connectivity index (χ0n) is 8.18. The predicted molar refractivity (Wildman–Crippen MR) is 49.5 cm³/mol. The third-order valence-corrected chi connectivity index (χ3v) is 2.09. The molecule has 14 heavy (non-hydrogen) atoms. The van der Waals surface area contributed by atoms with E-state index in [-0.39, 0.29) is 18.5 Å². The Labute approximate surface area is 86.6 Å². The molecule has 1 atom stereocenters. The number of aliphatic hydroxyl groups is 1. The van der Waals surface area contributed by atoms with E-state index in [4.69, 9.17) is 16.7 Å². The first-order valence-corrected chi connectivity index (χ1v) is 4.84. The SMILES string of the molecule is CC(C)N(CC(O)CCl)CC(F)(F)F. The van der Waals surface area contributed by atoms with Crippen molar-refractivity contribution < 1.29 is 18.3 Å². The van der Waals surface area contributed by atoms with Crippen LogP contribution in [0.3, 0.4) is 0 Å². The van der Waals surface area contributed by atoms with Gasteiger partial charge in [0, 0.05) is 18.5 Å². The van der Waals surface area contributed by atoms with Crippen molar-refractivity contribution in [3.63, 3.8) is 0 Å². The number of alkyl halides is 4. The van der Waals surface area contributed by atoms with E-state index in [1.54, 1.807) is 13.8 Å². The quantitative estimate of drug-likeness (QED) is 0.733. The van der Waals surface area contributed by atoms with Crippen molar-refractivity contribution in [1.29, 1.82) is 0 Å². The van der Waals surface area contributed by atoms with Crippen LogP contribution < -0.4 is 0 Å². The van der Waals surface area contributed by atoms with Gasteiger partial charge in [0.2, 0.25) is 0 Å². The Hall–Kier alpha value is -0.0000000000000000555. The first-order valence-electron chi connectivity index (χ1n) is 4.31. The zero-order chi connectivity index (χ0) is 11.4. The summed E-state index contributed by atoms with van der Waals surface area (Å²) >= 11 is 5.31. The van der Waals surface area contributed by atoms with Gasteiger partial charge >= 0.3 is 6.18 Å². The second-order valence-corrected chi connectivity index (χ2v) is 3.76. The molecule has 1 unspecified atom stereocenters. The van der Waals surface area contributed by atoms with Crippen LogP contribution in [0, 0.1) is 0 Å². The molecule has 0 bridgehead atoms. The average Bonchev–Trinajstić information content (AvgIpc) is 2.00. The van der Waals surface area contributed by atoms with E-state index in [2.05, 4.69) is 0 Å². The van der Waals surface area contributed by atoms with Crippen molar-refractivity contribution in [1.82, 2.24) is 4.90 Å². The standard InChI is InChI=1S/C8H15ClF3NO/c1-6(2)13(4-7(14)3-9)5-8(10,11)12/h6-7,14H,3-5H2,1-2H3. The Kier molecular flexibility index (Phi) is 5.78. The smallest absolute Gasteiger partial charge is 0.391 e. The van der Waals surface area contributed by atoms with Gasteiger partial charge in [0.05, 0.1) is 12.6 Å². The van der Waals surface area contributed by atoms with Gasteiger partial charge in [-0.1, -0.05) is 0 Å². The average molecular weight is 234 g/mol. The van der Waals surface area contributed by atoms with Gasteiger partial charge in [-0.05, 0) is 13.8 Å². The molecule has 0 radical (unpaired) electrons. The number of halogens is 4. The molecule has 0 aliphatic carbocycles. The van der Waals surface area contributed by atoms with Gasteiger partial charge in [0.25, 0.3) is 0 Å². The summed E-state index contributed by atoms with van der Waals surface area (Å²) in [5, 5.41) is 9.13. The van der Waals surface area contributed by atoms with E-state index < -0.39 is 18.8 Å². The van der Waals surface area contributed by atoms with Crippen molar-refractivity contribution in [3.05, 3.63) is 0 Å². The molecule has 0 aromatic rings. The number of hydrogen-bond donors (Lipinski definition) is 1. The summed E-state index contributed by atoms with van der Waals surface area (Å²) in [6, 6.07) is -0.269. The van der Waals surface area contributed by atoms with Crippen LogP contribution in [-0.2, 0) is 0 Å². The summed E-state index contributed by atoms with van der Waals surface area (Å²) in [6.45, 7) is 2.22. The molecular weight excluding hydrogens is 219 g/mol. The van der Waals surface area contributed by atoms with Crippen LogP contribution in [0.1, 0.15) is 13.8 Å². The molecule has 0 aliphatic heterocycles. The van der Waals surface area contributed by atoms with Crippen LogP contribution in [0.5, 0.6) is 0 Å². The van der Waals surface area contributed by atoms with Crippen molar-refractivity contribution in [2.75, 3.05) is 19.0 Å². The lowest BCUT2D eigenvalue weighted by molar-refractivity contribution is -0.152. The fraction of sp³-hybridized carbons (Fsp3) is 1.00. The maximum absolute atomic E-state index is 12.1. The lowest BCUT2D eigenvalue weighted by Gasteiger charge is -2.28. The summed E-state index contributed by atoms with van der Waals surface area (Å²) in [6.07, 6.45) is -5.16. The first-order chi connectivity index (χ1) is 6.26. The molecular formula is C8H15ClF3NO. The maximum atomic E-state index is 12.1. The summed E-state index contributed by atoms with van der Waals surface area (Å²) in [5.74, 6) is -0.0545. The third kappa shape index (κ3) is 6.45. The Morgan fingerprint density at radius 3 is 2.14 bits per heavy atom. The molecule has 0 aromatic carbocycles. The van der Waals surface area contributed by atoms with Crippen LogP contribution >= 0.6 is 11.6 Å². The fourth-order valence-corrected chi connectivity index (χ4v) is 1.11. The first kappa shape index (κ1) is 14.0. The van der Waals surface area contributed by atoms with Crippen molar-refractivity contribution in [3.8, 4) is 0 Å². The molecule has 0 heterocycles. The van der Waals surface area contributed by atoms with Crippen LogP contribution in [-0.4, -0.2) is 47.3 Å². The van der Waals surface area contributed by atoms with Crippen molar-refractivity contribution in [2.45, 2.75) is 32.2 Å². The second kappa shape index (κ2) is 5.78. The molecule has 0 amide bonds. The molecule has 0 saturated carbocycles. The molecule has 0 rings (SSSR count). The molecule has 0 spiro atoms. The molecule has 2 nitrogen and oxygen atoms in total. The molecule has 0 saturated heterocycles. The lowest BCUT2D eigenvalue weighted by atomic mass is 10.2. The molecule has 0 fully saturated rings. The Balaban J connectivity index is 4.16. The minimum Gasteiger partial charge on any atom is -0.391 e. The third-order valence-electron chi connectivity index (χ3n) is 1.74. The van der Waals surface area contributed by atoms with E-state index in [1.807, 2.05) is 0 Å². The van der Waals surface area contributed by atoms with Gasteiger partial charge in [-0.15, -0.1) is 11.6 Å². The normalized spacial score (nSPS) is 15.2. The maximum Gasteiger partial charge on any atom is 0.401 e. The van der Waals surface area contributed by atoms with Crippen molar-refractivity contribution >= 4 is 11.6 Å². The molecule has 6 heteroatoms. The molecule has 0 aromatic heterocycles. The summed E-state index contributed by atoms with van der Waals surface area (Å²) < 4.78 is 36.2. The minimum atomic E-state index is -4.24. The summed E-state index contributed by atoms with van der Waals surface area (Å²) in [4.78, 5) is 1.15. The van der Waals surface area contributed by atoms with Crippen LogP contribution in [0.4, 0.5) is 13.2 Å². The van der Waals surface area contributed by atoms with Gasteiger partial charge in [-0.25, -0.2) is 0 Å². The summed E-state index contributed by atoms with van der Waals surface area (Å²) in [7, 11) is 0. The molecule has 86 valence electrons. The highest BCUT2D eigenvalue weighted by Crippen LogP contribution is 2.18. The number of hydrogen-bond acceptors (Lipinski definition) is 2. The summed E-state index contributed by atoms with van der Waals surface area (Å²) in [5.41, 5.74) is 0. The van der Waals surface area contributed by atoms with Crippen LogP contribution in [0.15, 0.2) is 0 Å². The Morgan fingerprint density at radius 2 is 1.86 bits per heavy atom. The van der Waals surface area contributed by atoms with Gasteiger partial charge in [-0.3, -0.25) is 4.90 Å². The highest BCUT2D eigenvalue weighted by atomic mass is 35.5. The molecule has 0 aliphatic rings. The highest BCUT2D eigenvalue weighted by molar-refractivity contribution is 6.18. The van der Waals surface area contributed by atoms with E-state index in [0.29, 0.717) is 0 Å². The van der Waals surface area contributed by atoms with E-state index >= 15 is 0 Å².